The summed E-state index contributed by atoms with van der Waals surface area (Å²) in [6, 6.07) is 17.8. The summed E-state index contributed by atoms with van der Waals surface area (Å²) in [6.45, 7) is 2.17. The van der Waals surface area contributed by atoms with Crippen LogP contribution in [0, 0.1) is 0 Å². The van der Waals surface area contributed by atoms with Gasteiger partial charge in [-0.2, -0.15) is 0 Å². The van der Waals surface area contributed by atoms with Gasteiger partial charge in [0.15, 0.2) is 0 Å². The van der Waals surface area contributed by atoms with Crippen molar-refractivity contribution in [3.8, 4) is 5.75 Å². The molecular formula is C27H25Cl2N3O5. The first-order chi connectivity index (χ1) is 17.7. The summed E-state index contributed by atoms with van der Waals surface area (Å²) >= 11 is 12.1. The Morgan fingerprint density at radius 2 is 1.65 bits per heavy atom. The maximum Gasteiger partial charge on any atom is 0.326 e. The molecule has 0 spiro atoms. The lowest BCUT2D eigenvalue weighted by Gasteiger charge is -2.39. The highest BCUT2D eigenvalue weighted by molar-refractivity contribution is 6.39. The van der Waals surface area contributed by atoms with E-state index in [2.05, 4.69) is 10.2 Å². The second-order valence-electron chi connectivity index (χ2n) is 8.81. The minimum Gasteiger partial charge on any atom is -0.488 e. The highest BCUT2D eigenvalue weighted by Crippen LogP contribution is 2.25. The van der Waals surface area contributed by atoms with Gasteiger partial charge in [-0.1, -0.05) is 53.5 Å². The summed E-state index contributed by atoms with van der Waals surface area (Å²) in [5, 5.41) is 12.4. The van der Waals surface area contributed by atoms with Crippen molar-refractivity contribution in [1.82, 2.24) is 10.2 Å². The minimum absolute atomic E-state index is 0.0246. The number of carboxylic acid groups (broad SMARTS) is 1. The fraction of sp³-hybridized carbons (Fsp3) is 0.222. The molecule has 0 bridgehead atoms. The molecule has 1 fully saturated rings. The molecule has 10 heteroatoms. The summed E-state index contributed by atoms with van der Waals surface area (Å²) < 4.78 is 6.01. The third kappa shape index (κ3) is 6.80. The number of carbonyl (C=O) groups excluding carboxylic acids is 2. The second kappa shape index (κ2) is 11.6. The first-order valence-corrected chi connectivity index (χ1v) is 12.3. The van der Waals surface area contributed by atoms with Crippen LogP contribution in [-0.2, 0) is 17.8 Å². The van der Waals surface area contributed by atoms with Crippen LogP contribution in [-0.4, -0.2) is 53.0 Å². The van der Waals surface area contributed by atoms with E-state index in [4.69, 9.17) is 33.7 Å². The number of likely N-dealkylation sites (tertiary alicyclic amines) is 1. The predicted molar refractivity (Wildman–Crippen MR) is 140 cm³/mol. The molecule has 0 aliphatic carbocycles. The summed E-state index contributed by atoms with van der Waals surface area (Å²) in [4.78, 5) is 37.9. The fourth-order valence-electron chi connectivity index (χ4n) is 4.08. The molecule has 8 nitrogen and oxygen atoms in total. The largest absolute Gasteiger partial charge is 0.488 e. The Balaban J connectivity index is 1.28. The molecule has 1 atom stereocenters. The van der Waals surface area contributed by atoms with Gasteiger partial charge in [-0.05, 0) is 47.5 Å². The molecule has 0 radical (unpaired) electrons. The number of amides is 2. The molecule has 3 aromatic carbocycles. The lowest BCUT2D eigenvalue weighted by Crippen LogP contribution is -2.53. The Hall–Kier alpha value is -3.59. The number of aliphatic carboxylic acids is 1. The van der Waals surface area contributed by atoms with Crippen LogP contribution in [0.3, 0.4) is 0 Å². The first-order valence-electron chi connectivity index (χ1n) is 11.5. The van der Waals surface area contributed by atoms with Crippen LogP contribution >= 0.6 is 23.2 Å². The van der Waals surface area contributed by atoms with E-state index in [1.54, 1.807) is 42.5 Å². The molecule has 1 aliphatic heterocycles. The highest BCUT2D eigenvalue weighted by atomic mass is 35.5. The number of halogens is 2. The topological polar surface area (TPSA) is 122 Å². The molecule has 4 N–H and O–H groups in total. The molecule has 4 rings (SSSR count). The van der Waals surface area contributed by atoms with Crippen LogP contribution in [0.1, 0.15) is 31.8 Å². The van der Waals surface area contributed by atoms with Crippen LogP contribution in [0.2, 0.25) is 10.0 Å². The minimum atomic E-state index is -1.17. The van der Waals surface area contributed by atoms with Crippen LogP contribution in [0.4, 0.5) is 0 Å². The molecule has 0 unspecified atom stereocenters. The van der Waals surface area contributed by atoms with E-state index in [0.717, 1.165) is 24.2 Å². The van der Waals surface area contributed by atoms with Gasteiger partial charge >= 0.3 is 5.97 Å². The number of hydrogen-bond donors (Lipinski definition) is 3. The van der Waals surface area contributed by atoms with E-state index in [1.807, 2.05) is 12.1 Å². The van der Waals surface area contributed by atoms with Crippen LogP contribution in [0.25, 0.3) is 0 Å². The third-order valence-electron chi connectivity index (χ3n) is 6.00. The van der Waals surface area contributed by atoms with E-state index in [1.165, 1.54) is 12.1 Å². The molecule has 0 aromatic heterocycles. The molecule has 0 saturated carbocycles. The monoisotopic (exact) mass is 541 g/mol. The number of ether oxygens (including phenoxy) is 1. The zero-order chi connectivity index (χ0) is 26.5. The van der Waals surface area contributed by atoms with Crippen LogP contribution in [0.5, 0.6) is 5.75 Å². The van der Waals surface area contributed by atoms with E-state index in [-0.39, 0.29) is 28.1 Å². The standard InChI is InChI=1S/C27H25Cl2N3O5/c28-21-5-2-6-22(29)24(21)26(34)31-23(27(35)36)12-16-7-9-19(10-8-16)37-20-14-32(15-20)13-17-3-1-4-18(11-17)25(30)33/h1-11,20,23H,12-15H2,(H2,30,33)(H,31,34)(H,35,36)/t23-/m0/s1. The Morgan fingerprint density at radius 1 is 1.00 bits per heavy atom. The molecule has 37 heavy (non-hydrogen) atoms. The molecule has 1 aliphatic rings. The number of hydrogen-bond acceptors (Lipinski definition) is 5. The maximum atomic E-state index is 12.6. The molecule has 3 aromatic rings. The third-order valence-corrected chi connectivity index (χ3v) is 6.63. The quantitative estimate of drug-likeness (QED) is 0.359. The number of carbonyl (C=O) groups is 3. The Labute approximate surface area is 223 Å². The molecule has 2 amide bonds. The van der Waals surface area contributed by atoms with Gasteiger partial charge in [0, 0.05) is 31.6 Å². The fourth-order valence-corrected chi connectivity index (χ4v) is 4.65. The summed E-state index contributed by atoms with van der Waals surface area (Å²) in [7, 11) is 0. The molecule has 192 valence electrons. The van der Waals surface area contributed by atoms with Gasteiger partial charge < -0.3 is 20.9 Å². The van der Waals surface area contributed by atoms with Crippen LogP contribution in [0.15, 0.2) is 66.7 Å². The van der Waals surface area contributed by atoms with Crippen molar-refractivity contribution >= 4 is 41.0 Å². The van der Waals surface area contributed by atoms with E-state index >= 15 is 0 Å². The summed E-state index contributed by atoms with van der Waals surface area (Å²) in [6.07, 6.45) is 0.0990. The maximum absolute atomic E-state index is 12.6. The summed E-state index contributed by atoms with van der Waals surface area (Å²) in [5.41, 5.74) is 7.60. The van der Waals surface area contributed by atoms with Crippen molar-refractivity contribution in [3.05, 3.63) is 99.0 Å². The molecular weight excluding hydrogens is 517 g/mol. The van der Waals surface area contributed by atoms with Crippen molar-refractivity contribution in [1.29, 1.82) is 0 Å². The number of rotatable bonds is 10. The number of nitrogens with zero attached hydrogens (tertiary/aromatic N) is 1. The SMILES string of the molecule is NC(=O)c1cccc(CN2CC(Oc3ccc(C[C@H](NC(=O)c4c(Cl)cccc4Cl)C(=O)O)cc3)C2)c1. The Kier molecular flexibility index (Phi) is 8.33. The van der Waals surface area contributed by atoms with Gasteiger partial charge in [0.05, 0.1) is 15.6 Å². The lowest BCUT2D eigenvalue weighted by atomic mass is 10.0. The van der Waals surface area contributed by atoms with Crippen molar-refractivity contribution in [2.45, 2.75) is 25.1 Å². The molecule has 1 heterocycles. The van der Waals surface area contributed by atoms with Crippen molar-refractivity contribution in [3.63, 3.8) is 0 Å². The van der Waals surface area contributed by atoms with Gasteiger partial charge in [-0.3, -0.25) is 14.5 Å². The number of nitrogens with two attached hydrogens (primary N) is 1. The van der Waals surface area contributed by atoms with E-state index in [0.29, 0.717) is 17.9 Å². The van der Waals surface area contributed by atoms with Gasteiger partial charge in [0.1, 0.15) is 17.9 Å². The van der Waals surface area contributed by atoms with Gasteiger partial charge in [-0.15, -0.1) is 0 Å². The zero-order valence-electron chi connectivity index (χ0n) is 19.7. The van der Waals surface area contributed by atoms with Gasteiger partial charge in [0.2, 0.25) is 5.91 Å². The summed E-state index contributed by atoms with van der Waals surface area (Å²) in [5.74, 6) is -1.60. The second-order valence-corrected chi connectivity index (χ2v) is 9.62. The van der Waals surface area contributed by atoms with Crippen LogP contribution < -0.4 is 15.8 Å². The Bertz CT molecular complexity index is 1290. The predicted octanol–water partition coefficient (Wildman–Crippen LogP) is 3.78. The van der Waals surface area contributed by atoms with E-state index < -0.39 is 23.8 Å². The zero-order valence-corrected chi connectivity index (χ0v) is 21.2. The van der Waals surface area contributed by atoms with E-state index in [9.17, 15) is 19.5 Å². The van der Waals surface area contributed by atoms with Crippen molar-refractivity contribution in [2.75, 3.05) is 13.1 Å². The number of benzene rings is 3. The van der Waals surface area contributed by atoms with Gasteiger partial charge in [0.25, 0.3) is 5.91 Å². The van der Waals surface area contributed by atoms with Crippen molar-refractivity contribution in [2.24, 2.45) is 5.73 Å². The first kappa shape index (κ1) is 26.5. The number of nitrogens with one attached hydrogen (secondary N) is 1. The van der Waals surface area contributed by atoms with Gasteiger partial charge in [-0.25, -0.2) is 4.79 Å². The normalized spacial score (nSPS) is 14.4. The number of carboxylic acids is 1. The molecule has 1 saturated heterocycles. The average molecular weight is 542 g/mol. The number of primary amides is 1. The Morgan fingerprint density at radius 3 is 2.27 bits per heavy atom. The average Bonchev–Trinajstić information content (AvgIpc) is 2.83. The smallest absolute Gasteiger partial charge is 0.326 e. The lowest BCUT2D eigenvalue weighted by molar-refractivity contribution is -0.139. The van der Waals surface area contributed by atoms with Crippen molar-refractivity contribution < 1.29 is 24.2 Å². The highest BCUT2D eigenvalue weighted by Gasteiger charge is 2.28.